The van der Waals surface area contributed by atoms with E-state index in [9.17, 15) is 4.39 Å². The average Bonchev–Trinajstić information content (AvgIpc) is 2.45. The van der Waals surface area contributed by atoms with E-state index in [0.29, 0.717) is 18.3 Å². The fourth-order valence-electron chi connectivity index (χ4n) is 2.04. The number of hydrogen-bond donors (Lipinski definition) is 1. The van der Waals surface area contributed by atoms with Gasteiger partial charge in [-0.2, -0.15) is 15.0 Å². The van der Waals surface area contributed by atoms with Gasteiger partial charge in [-0.3, -0.25) is 4.90 Å². The molecule has 0 aliphatic heterocycles. The number of rotatable bonds is 5. The van der Waals surface area contributed by atoms with Crippen molar-refractivity contribution < 1.29 is 4.39 Å². The summed E-state index contributed by atoms with van der Waals surface area (Å²) in [6.07, 6.45) is 0. The molecule has 2 N–H and O–H groups in total. The summed E-state index contributed by atoms with van der Waals surface area (Å²) in [6, 6.07) is 6.47. The van der Waals surface area contributed by atoms with E-state index >= 15 is 0 Å². The van der Waals surface area contributed by atoms with Crippen LogP contribution in [0.4, 0.5) is 16.3 Å². The van der Waals surface area contributed by atoms with Crippen LogP contribution in [-0.4, -0.2) is 41.0 Å². The summed E-state index contributed by atoms with van der Waals surface area (Å²) in [5, 5.41) is 0. The number of benzene rings is 1. The van der Waals surface area contributed by atoms with Crippen LogP contribution in [0.2, 0.25) is 0 Å². The van der Waals surface area contributed by atoms with Gasteiger partial charge in [-0.25, -0.2) is 4.39 Å². The standard InChI is InChI=1S/C15H21FN6/c1-10(13-18-14(17)20-15(19-13)21(2)3)22(4)9-11-6-5-7-12(16)8-11/h5-8,10H,9H2,1-4H3,(H2,17,18,19,20)/t10-/m1/s1. The van der Waals surface area contributed by atoms with Gasteiger partial charge in [-0.15, -0.1) is 0 Å². The fourth-order valence-corrected chi connectivity index (χ4v) is 2.04. The molecule has 1 atom stereocenters. The van der Waals surface area contributed by atoms with Gasteiger partial charge < -0.3 is 10.6 Å². The number of nitrogens with zero attached hydrogens (tertiary/aromatic N) is 5. The molecule has 0 aliphatic carbocycles. The minimum atomic E-state index is -0.238. The predicted octanol–water partition coefficient (Wildman–Crippen LogP) is 1.85. The first-order valence-electron chi connectivity index (χ1n) is 7.00. The molecule has 0 spiro atoms. The second-order valence-electron chi connectivity index (χ2n) is 5.47. The third-order valence-corrected chi connectivity index (χ3v) is 3.41. The van der Waals surface area contributed by atoms with Gasteiger partial charge in [0.2, 0.25) is 11.9 Å². The van der Waals surface area contributed by atoms with E-state index in [1.54, 1.807) is 11.0 Å². The Bertz CT molecular complexity index is 646. The molecule has 0 saturated carbocycles. The van der Waals surface area contributed by atoms with Crippen LogP contribution in [0.5, 0.6) is 0 Å². The van der Waals surface area contributed by atoms with Gasteiger partial charge in [0.15, 0.2) is 5.82 Å². The Morgan fingerprint density at radius 3 is 2.55 bits per heavy atom. The van der Waals surface area contributed by atoms with Gasteiger partial charge in [0, 0.05) is 20.6 Å². The Balaban J connectivity index is 2.18. The number of aromatic nitrogens is 3. The van der Waals surface area contributed by atoms with Crippen LogP contribution in [0, 0.1) is 5.82 Å². The van der Waals surface area contributed by atoms with Crippen LogP contribution in [-0.2, 0) is 6.54 Å². The molecule has 22 heavy (non-hydrogen) atoms. The van der Waals surface area contributed by atoms with Crippen molar-refractivity contribution in [3.05, 3.63) is 41.5 Å². The van der Waals surface area contributed by atoms with Crippen molar-refractivity contribution >= 4 is 11.9 Å². The maximum Gasteiger partial charge on any atom is 0.229 e. The Labute approximate surface area is 129 Å². The summed E-state index contributed by atoms with van der Waals surface area (Å²) in [4.78, 5) is 16.5. The molecule has 6 nitrogen and oxygen atoms in total. The maximum atomic E-state index is 13.3. The van der Waals surface area contributed by atoms with Gasteiger partial charge in [0.25, 0.3) is 0 Å². The van der Waals surface area contributed by atoms with E-state index < -0.39 is 0 Å². The lowest BCUT2D eigenvalue weighted by Gasteiger charge is -2.24. The van der Waals surface area contributed by atoms with E-state index in [2.05, 4.69) is 15.0 Å². The summed E-state index contributed by atoms with van der Waals surface area (Å²) in [5.74, 6) is 1.07. The maximum absolute atomic E-state index is 13.3. The van der Waals surface area contributed by atoms with Gasteiger partial charge in [0.05, 0.1) is 6.04 Å². The monoisotopic (exact) mass is 304 g/mol. The van der Waals surface area contributed by atoms with E-state index in [4.69, 9.17) is 5.73 Å². The van der Waals surface area contributed by atoms with Crippen molar-refractivity contribution in [3.8, 4) is 0 Å². The highest BCUT2D eigenvalue weighted by atomic mass is 19.1. The third kappa shape index (κ3) is 3.88. The molecule has 1 aromatic heterocycles. The minimum absolute atomic E-state index is 0.0766. The SMILES string of the molecule is C[C@H](c1nc(N)nc(N(C)C)n1)N(C)Cc1cccc(F)c1. The molecule has 0 radical (unpaired) electrons. The number of anilines is 2. The van der Waals surface area contributed by atoms with Crippen LogP contribution in [0.15, 0.2) is 24.3 Å². The lowest BCUT2D eigenvalue weighted by molar-refractivity contribution is 0.243. The van der Waals surface area contributed by atoms with Crippen molar-refractivity contribution in [1.29, 1.82) is 0 Å². The molecule has 1 aromatic carbocycles. The van der Waals surface area contributed by atoms with Crippen LogP contribution >= 0.6 is 0 Å². The molecule has 1 heterocycles. The molecule has 2 aromatic rings. The second kappa shape index (κ2) is 6.65. The molecule has 0 unspecified atom stereocenters. The molecular formula is C15H21FN6. The molecule has 118 valence electrons. The van der Waals surface area contributed by atoms with Gasteiger partial charge in [-0.05, 0) is 31.7 Å². The Morgan fingerprint density at radius 1 is 1.18 bits per heavy atom. The van der Waals surface area contributed by atoms with Crippen LogP contribution in [0.25, 0.3) is 0 Å². The van der Waals surface area contributed by atoms with Crippen molar-refractivity contribution in [2.75, 3.05) is 31.8 Å². The van der Waals surface area contributed by atoms with Crippen molar-refractivity contribution in [3.63, 3.8) is 0 Å². The van der Waals surface area contributed by atoms with E-state index in [0.717, 1.165) is 5.56 Å². The third-order valence-electron chi connectivity index (χ3n) is 3.41. The molecular weight excluding hydrogens is 283 g/mol. The second-order valence-corrected chi connectivity index (χ2v) is 5.47. The molecule has 0 saturated heterocycles. The quantitative estimate of drug-likeness (QED) is 0.909. The summed E-state index contributed by atoms with van der Waals surface area (Å²) in [5.41, 5.74) is 6.64. The number of nitrogens with two attached hydrogens (primary N) is 1. The highest BCUT2D eigenvalue weighted by Crippen LogP contribution is 2.20. The normalized spacial score (nSPS) is 12.5. The zero-order chi connectivity index (χ0) is 16.3. The Hall–Kier alpha value is -2.28. The molecule has 2 rings (SSSR count). The van der Waals surface area contributed by atoms with E-state index in [1.165, 1.54) is 12.1 Å². The largest absolute Gasteiger partial charge is 0.368 e. The summed E-state index contributed by atoms with van der Waals surface area (Å²) < 4.78 is 13.3. The Kier molecular flexibility index (Phi) is 4.87. The summed E-state index contributed by atoms with van der Waals surface area (Å²) >= 11 is 0. The van der Waals surface area contributed by atoms with Crippen LogP contribution < -0.4 is 10.6 Å². The molecule has 0 fully saturated rings. The van der Waals surface area contributed by atoms with Gasteiger partial charge in [-0.1, -0.05) is 12.1 Å². The van der Waals surface area contributed by atoms with E-state index in [-0.39, 0.29) is 17.8 Å². The molecule has 0 aliphatic rings. The van der Waals surface area contributed by atoms with Crippen LogP contribution in [0.1, 0.15) is 24.4 Å². The van der Waals surface area contributed by atoms with E-state index in [1.807, 2.05) is 39.0 Å². The zero-order valence-corrected chi connectivity index (χ0v) is 13.3. The highest BCUT2D eigenvalue weighted by molar-refractivity contribution is 5.33. The van der Waals surface area contributed by atoms with Crippen LogP contribution in [0.3, 0.4) is 0 Å². The van der Waals surface area contributed by atoms with Crippen molar-refractivity contribution in [2.24, 2.45) is 0 Å². The van der Waals surface area contributed by atoms with Gasteiger partial charge in [0.1, 0.15) is 5.82 Å². The zero-order valence-electron chi connectivity index (χ0n) is 13.3. The molecule has 0 bridgehead atoms. The van der Waals surface area contributed by atoms with Gasteiger partial charge >= 0.3 is 0 Å². The van der Waals surface area contributed by atoms with Crippen molar-refractivity contribution in [2.45, 2.75) is 19.5 Å². The fraction of sp³-hybridized carbons (Fsp3) is 0.400. The number of halogens is 1. The lowest BCUT2D eigenvalue weighted by atomic mass is 10.2. The lowest BCUT2D eigenvalue weighted by Crippen LogP contribution is -2.25. The first kappa shape index (κ1) is 16.1. The highest BCUT2D eigenvalue weighted by Gasteiger charge is 2.17. The minimum Gasteiger partial charge on any atom is -0.368 e. The molecule has 7 heteroatoms. The van der Waals surface area contributed by atoms with Crippen molar-refractivity contribution in [1.82, 2.24) is 19.9 Å². The topological polar surface area (TPSA) is 71.2 Å². The molecule has 0 amide bonds. The Morgan fingerprint density at radius 2 is 1.91 bits per heavy atom. The summed E-state index contributed by atoms with van der Waals surface area (Å²) in [6.45, 7) is 2.56. The summed E-state index contributed by atoms with van der Waals surface area (Å²) in [7, 11) is 5.63. The average molecular weight is 304 g/mol. The predicted molar refractivity (Wildman–Crippen MR) is 84.8 cm³/mol. The smallest absolute Gasteiger partial charge is 0.229 e. The number of nitrogen functional groups attached to an aromatic ring is 1. The first-order valence-corrected chi connectivity index (χ1v) is 7.00. The first-order chi connectivity index (χ1) is 10.4. The number of hydrogen-bond acceptors (Lipinski definition) is 6.